The van der Waals surface area contributed by atoms with Crippen LogP contribution in [0.2, 0.25) is 0 Å². The molecule has 6 heteroatoms. The normalized spacial score (nSPS) is 10.5. The largest absolute Gasteiger partial charge is 0.396 e. The summed E-state index contributed by atoms with van der Waals surface area (Å²) >= 11 is 1.48. The summed E-state index contributed by atoms with van der Waals surface area (Å²) < 4.78 is 0. The van der Waals surface area contributed by atoms with Gasteiger partial charge in [-0.05, 0) is 65.7 Å². The van der Waals surface area contributed by atoms with E-state index in [-0.39, 0.29) is 18.4 Å². The number of carbonyl (C=O) groups is 2. The molecule has 1 aromatic heterocycles. The maximum absolute atomic E-state index is 12.3. The molecule has 0 bridgehead atoms. The van der Waals surface area contributed by atoms with E-state index in [1.54, 1.807) is 18.2 Å². The molecule has 2 aromatic carbocycles. The van der Waals surface area contributed by atoms with Crippen molar-refractivity contribution in [3.63, 3.8) is 0 Å². The molecule has 144 valence electrons. The SMILES string of the molecule is Cc1ccc(NC(=O)c2ccsc2)cc1-c1ccc(C(=O)NCCCO)cc1. The Kier molecular flexibility index (Phi) is 6.57. The predicted octanol–water partition coefficient (Wildman–Crippen LogP) is 4.09. The van der Waals surface area contributed by atoms with Gasteiger partial charge in [-0.3, -0.25) is 9.59 Å². The van der Waals surface area contributed by atoms with E-state index in [9.17, 15) is 9.59 Å². The molecule has 3 aromatic rings. The van der Waals surface area contributed by atoms with Crippen LogP contribution in [0.4, 0.5) is 5.69 Å². The highest BCUT2D eigenvalue weighted by Gasteiger charge is 2.10. The van der Waals surface area contributed by atoms with Gasteiger partial charge in [-0.1, -0.05) is 18.2 Å². The minimum absolute atomic E-state index is 0.0534. The standard InChI is InChI=1S/C22H22N2O3S/c1-15-3-8-19(24-22(27)18-9-12-28-14-18)13-20(15)16-4-6-17(7-5-16)21(26)23-10-2-11-25/h3-9,12-14,25H,2,10-11H2,1H3,(H,23,26)(H,24,27). The zero-order valence-corrected chi connectivity index (χ0v) is 16.4. The van der Waals surface area contributed by atoms with Gasteiger partial charge >= 0.3 is 0 Å². The van der Waals surface area contributed by atoms with Gasteiger partial charge in [0.05, 0.1) is 5.56 Å². The van der Waals surface area contributed by atoms with Gasteiger partial charge in [0.2, 0.25) is 0 Å². The Bertz CT molecular complexity index is 950. The van der Waals surface area contributed by atoms with E-state index in [2.05, 4.69) is 10.6 Å². The lowest BCUT2D eigenvalue weighted by molar-refractivity contribution is 0.0950. The number of hydrogen-bond donors (Lipinski definition) is 3. The quantitative estimate of drug-likeness (QED) is 0.528. The van der Waals surface area contributed by atoms with E-state index in [0.29, 0.717) is 24.1 Å². The molecule has 3 rings (SSSR count). The number of nitrogens with one attached hydrogen (secondary N) is 2. The van der Waals surface area contributed by atoms with Crippen LogP contribution in [0.3, 0.4) is 0 Å². The van der Waals surface area contributed by atoms with Crippen molar-refractivity contribution in [1.29, 1.82) is 0 Å². The van der Waals surface area contributed by atoms with E-state index >= 15 is 0 Å². The number of anilines is 1. The summed E-state index contributed by atoms with van der Waals surface area (Å²) in [6.45, 7) is 2.51. The molecule has 3 N–H and O–H groups in total. The fourth-order valence-electron chi connectivity index (χ4n) is 2.79. The first-order valence-electron chi connectivity index (χ1n) is 9.02. The van der Waals surface area contributed by atoms with E-state index in [0.717, 1.165) is 22.4 Å². The van der Waals surface area contributed by atoms with Crippen LogP contribution >= 0.6 is 11.3 Å². The lowest BCUT2D eigenvalue weighted by Gasteiger charge is -2.11. The molecule has 0 fully saturated rings. The molecule has 1 heterocycles. The smallest absolute Gasteiger partial charge is 0.256 e. The molecule has 0 spiro atoms. The van der Waals surface area contributed by atoms with Crippen LogP contribution in [0.1, 0.15) is 32.7 Å². The van der Waals surface area contributed by atoms with E-state index in [4.69, 9.17) is 5.11 Å². The molecule has 0 aliphatic carbocycles. The van der Waals surface area contributed by atoms with E-state index in [1.165, 1.54) is 11.3 Å². The predicted molar refractivity (Wildman–Crippen MR) is 113 cm³/mol. The van der Waals surface area contributed by atoms with Crippen molar-refractivity contribution >= 4 is 28.8 Å². The second-order valence-electron chi connectivity index (χ2n) is 6.41. The van der Waals surface area contributed by atoms with Gasteiger partial charge in [0.1, 0.15) is 0 Å². The first-order valence-corrected chi connectivity index (χ1v) is 9.96. The number of benzene rings is 2. The molecule has 0 unspecified atom stereocenters. The topological polar surface area (TPSA) is 78.4 Å². The van der Waals surface area contributed by atoms with Crippen molar-refractivity contribution in [3.05, 3.63) is 76.0 Å². The van der Waals surface area contributed by atoms with E-state index in [1.807, 2.05) is 48.0 Å². The number of thiophene rings is 1. The first-order chi connectivity index (χ1) is 13.6. The van der Waals surface area contributed by atoms with Crippen LogP contribution in [0, 0.1) is 6.92 Å². The Morgan fingerprint density at radius 3 is 2.46 bits per heavy atom. The number of aliphatic hydroxyl groups is 1. The number of aliphatic hydroxyl groups excluding tert-OH is 1. The van der Waals surface area contributed by atoms with Crippen molar-refractivity contribution in [3.8, 4) is 11.1 Å². The van der Waals surface area contributed by atoms with Crippen LogP contribution in [0.5, 0.6) is 0 Å². The van der Waals surface area contributed by atoms with Crippen LogP contribution in [-0.2, 0) is 0 Å². The molecule has 0 atom stereocenters. The fourth-order valence-corrected chi connectivity index (χ4v) is 3.43. The third-order valence-electron chi connectivity index (χ3n) is 4.36. The third-order valence-corrected chi connectivity index (χ3v) is 5.04. The van der Waals surface area contributed by atoms with Crippen LogP contribution in [0.15, 0.2) is 59.3 Å². The Labute approximate surface area is 168 Å². The average molecular weight is 394 g/mol. The molecule has 0 saturated heterocycles. The Balaban J connectivity index is 1.75. The highest BCUT2D eigenvalue weighted by molar-refractivity contribution is 7.08. The minimum Gasteiger partial charge on any atom is -0.396 e. The zero-order valence-electron chi connectivity index (χ0n) is 15.6. The van der Waals surface area contributed by atoms with Gasteiger partial charge in [-0.25, -0.2) is 0 Å². The summed E-state index contributed by atoms with van der Waals surface area (Å²) in [6, 6.07) is 14.9. The Hall–Kier alpha value is -2.96. The summed E-state index contributed by atoms with van der Waals surface area (Å²) in [5, 5.41) is 18.2. The summed E-state index contributed by atoms with van der Waals surface area (Å²) in [5.41, 5.74) is 4.98. The number of hydrogen-bond acceptors (Lipinski definition) is 4. The summed E-state index contributed by atoms with van der Waals surface area (Å²) in [6.07, 6.45) is 0.535. The Morgan fingerprint density at radius 1 is 1.00 bits per heavy atom. The van der Waals surface area contributed by atoms with Crippen LogP contribution in [0.25, 0.3) is 11.1 Å². The molecule has 0 saturated carbocycles. The van der Waals surface area contributed by atoms with Crippen molar-refractivity contribution in [1.82, 2.24) is 5.32 Å². The van der Waals surface area contributed by atoms with E-state index < -0.39 is 0 Å². The third kappa shape index (κ3) is 4.85. The van der Waals surface area contributed by atoms with Gasteiger partial charge in [-0.15, -0.1) is 0 Å². The molecule has 2 amide bonds. The number of carbonyl (C=O) groups excluding carboxylic acids is 2. The first kappa shape index (κ1) is 19.8. The maximum Gasteiger partial charge on any atom is 0.256 e. The van der Waals surface area contributed by atoms with Gasteiger partial charge in [-0.2, -0.15) is 11.3 Å². The molecule has 0 aliphatic heterocycles. The van der Waals surface area contributed by atoms with Crippen LogP contribution in [-0.4, -0.2) is 30.1 Å². The summed E-state index contributed by atoms with van der Waals surface area (Å²) in [4.78, 5) is 24.4. The maximum atomic E-state index is 12.3. The highest BCUT2D eigenvalue weighted by atomic mass is 32.1. The lowest BCUT2D eigenvalue weighted by atomic mass is 9.98. The van der Waals surface area contributed by atoms with Crippen molar-refractivity contribution in [2.75, 3.05) is 18.5 Å². The van der Waals surface area contributed by atoms with Crippen molar-refractivity contribution < 1.29 is 14.7 Å². The zero-order chi connectivity index (χ0) is 19.9. The molecule has 5 nitrogen and oxygen atoms in total. The van der Waals surface area contributed by atoms with Gasteiger partial charge in [0.15, 0.2) is 0 Å². The summed E-state index contributed by atoms with van der Waals surface area (Å²) in [7, 11) is 0. The molecule has 0 aliphatic rings. The molecular weight excluding hydrogens is 372 g/mol. The number of rotatable bonds is 7. The lowest BCUT2D eigenvalue weighted by Crippen LogP contribution is -2.24. The van der Waals surface area contributed by atoms with Gasteiger partial charge < -0.3 is 15.7 Å². The number of aryl methyl sites for hydroxylation is 1. The average Bonchev–Trinajstić information content (AvgIpc) is 3.25. The second-order valence-corrected chi connectivity index (χ2v) is 7.19. The van der Waals surface area contributed by atoms with Crippen molar-refractivity contribution in [2.24, 2.45) is 0 Å². The summed E-state index contributed by atoms with van der Waals surface area (Å²) in [5.74, 6) is -0.292. The Morgan fingerprint density at radius 2 is 1.79 bits per heavy atom. The molecule has 28 heavy (non-hydrogen) atoms. The number of amides is 2. The minimum atomic E-state index is -0.159. The van der Waals surface area contributed by atoms with Gasteiger partial charge in [0, 0.05) is 29.8 Å². The van der Waals surface area contributed by atoms with Crippen molar-refractivity contribution in [2.45, 2.75) is 13.3 Å². The van der Waals surface area contributed by atoms with Crippen LogP contribution < -0.4 is 10.6 Å². The van der Waals surface area contributed by atoms with Gasteiger partial charge in [0.25, 0.3) is 11.8 Å². The highest BCUT2D eigenvalue weighted by Crippen LogP contribution is 2.27. The second kappa shape index (κ2) is 9.30. The molecule has 0 radical (unpaired) electrons. The fraction of sp³-hybridized carbons (Fsp3) is 0.182. The molecular formula is C22H22N2O3S. The monoisotopic (exact) mass is 394 g/mol.